The van der Waals surface area contributed by atoms with Crippen LogP contribution in [0.25, 0.3) is 16.7 Å². The fraction of sp³-hybridized carbons (Fsp3) is 0.188. The Morgan fingerprint density at radius 1 is 1.14 bits per heavy atom. The number of rotatable bonds is 2. The van der Waals surface area contributed by atoms with Crippen LogP contribution in [0.1, 0.15) is 25.3 Å². The molecule has 0 amide bonds. The van der Waals surface area contributed by atoms with Gasteiger partial charge in [0.15, 0.2) is 16.4 Å². The van der Waals surface area contributed by atoms with Gasteiger partial charge in [-0.1, -0.05) is 26.0 Å². The molecular formula is C16H14F2N2S. The van der Waals surface area contributed by atoms with Crippen molar-refractivity contribution in [2.75, 3.05) is 0 Å². The molecule has 3 rings (SSSR count). The van der Waals surface area contributed by atoms with Crippen LogP contribution in [0.4, 0.5) is 8.78 Å². The maximum Gasteiger partial charge on any atom is 0.184 e. The number of aromatic amines is 1. The Balaban J connectivity index is 2.35. The summed E-state index contributed by atoms with van der Waals surface area (Å²) in [4.78, 5) is 2.91. The molecule has 0 radical (unpaired) electrons. The average Bonchev–Trinajstić information content (AvgIpc) is 2.80. The maximum atomic E-state index is 14.2. The molecule has 1 heterocycles. The number of halogens is 2. The predicted molar refractivity (Wildman–Crippen MR) is 82.5 cm³/mol. The highest BCUT2D eigenvalue weighted by atomic mass is 32.1. The second-order valence-corrected chi connectivity index (χ2v) is 5.66. The maximum absolute atomic E-state index is 14.2. The lowest BCUT2D eigenvalue weighted by Crippen LogP contribution is -1.99. The van der Waals surface area contributed by atoms with Crippen molar-refractivity contribution < 1.29 is 8.78 Å². The summed E-state index contributed by atoms with van der Waals surface area (Å²) >= 11 is 5.27. The quantitative estimate of drug-likeness (QED) is 0.654. The highest BCUT2D eigenvalue weighted by Gasteiger charge is 2.15. The van der Waals surface area contributed by atoms with E-state index in [0.717, 1.165) is 17.3 Å². The number of imidazole rings is 1. The molecular weight excluding hydrogens is 290 g/mol. The van der Waals surface area contributed by atoms with Crippen LogP contribution in [-0.4, -0.2) is 9.55 Å². The number of nitrogens with zero attached hydrogens (tertiary/aromatic N) is 1. The average molecular weight is 304 g/mol. The zero-order chi connectivity index (χ0) is 15.1. The number of aromatic nitrogens is 2. The Morgan fingerprint density at radius 3 is 2.62 bits per heavy atom. The first-order chi connectivity index (χ1) is 9.99. The molecule has 0 unspecified atom stereocenters. The van der Waals surface area contributed by atoms with E-state index in [4.69, 9.17) is 12.2 Å². The van der Waals surface area contributed by atoms with Crippen LogP contribution in [0.3, 0.4) is 0 Å². The van der Waals surface area contributed by atoms with Gasteiger partial charge < -0.3 is 4.98 Å². The predicted octanol–water partition coefficient (Wildman–Crippen LogP) is 5.09. The summed E-state index contributed by atoms with van der Waals surface area (Å²) in [5.41, 5.74) is 2.46. The molecule has 108 valence electrons. The van der Waals surface area contributed by atoms with Crippen LogP contribution in [0, 0.1) is 16.4 Å². The Bertz CT molecular complexity index is 878. The third kappa shape index (κ3) is 2.27. The Morgan fingerprint density at radius 2 is 1.90 bits per heavy atom. The van der Waals surface area contributed by atoms with Crippen molar-refractivity contribution in [3.8, 4) is 5.69 Å². The van der Waals surface area contributed by atoms with E-state index in [9.17, 15) is 8.78 Å². The molecule has 0 spiro atoms. The molecule has 0 atom stereocenters. The topological polar surface area (TPSA) is 20.7 Å². The first-order valence-electron chi connectivity index (χ1n) is 6.68. The largest absolute Gasteiger partial charge is 0.330 e. The lowest BCUT2D eigenvalue weighted by Gasteiger charge is -2.10. The lowest BCUT2D eigenvalue weighted by atomic mass is 10.0. The second-order valence-electron chi connectivity index (χ2n) is 5.27. The van der Waals surface area contributed by atoms with Crippen molar-refractivity contribution in [1.29, 1.82) is 0 Å². The van der Waals surface area contributed by atoms with E-state index < -0.39 is 11.6 Å². The van der Waals surface area contributed by atoms with E-state index in [0.29, 0.717) is 16.2 Å². The molecule has 21 heavy (non-hydrogen) atoms. The monoisotopic (exact) mass is 304 g/mol. The molecule has 0 aliphatic heterocycles. The molecule has 0 saturated carbocycles. The van der Waals surface area contributed by atoms with Crippen molar-refractivity contribution in [1.82, 2.24) is 9.55 Å². The van der Waals surface area contributed by atoms with Gasteiger partial charge in [-0.2, -0.15) is 0 Å². The third-order valence-corrected chi connectivity index (χ3v) is 3.82. The van der Waals surface area contributed by atoms with Gasteiger partial charge in [0.25, 0.3) is 0 Å². The number of nitrogens with one attached hydrogen (secondary N) is 1. The first-order valence-corrected chi connectivity index (χ1v) is 7.09. The minimum absolute atomic E-state index is 0.140. The zero-order valence-corrected chi connectivity index (χ0v) is 12.5. The summed E-state index contributed by atoms with van der Waals surface area (Å²) in [7, 11) is 0. The van der Waals surface area contributed by atoms with E-state index >= 15 is 0 Å². The van der Waals surface area contributed by atoms with E-state index in [-0.39, 0.29) is 5.52 Å². The van der Waals surface area contributed by atoms with Crippen molar-refractivity contribution >= 4 is 23.3 Å². The number of benzene rings is 2. The SMILES string of the molecule is CC(C)c1cccc(-n2c(=S)[nH]c3ccc(F)c(F)c32)c1. The Labute approximate surface area is 126 Å². The minimum atomic E-state index is -0.894. The van der Waals surface area contributed by atoms with Gasteiger partial charge in [-0.05, 0) is 48.0 Å². The summed E-state index contributed by atoms with van der Waals surface area (Å²) in [6.07, 6.45) is 0. The molecule has 1 aromatic heterocycles. The van der Waals surface area contributed by atoms with Gasteiger partial charge >= 0.3 is 0 Å². The summed E-state index contributed by atoms with van der Waals surface area (Å²) in [6, 6.07) is 10.3. The molecule has 0 aliphatic rings. The molecule has 0 fully saturated rings. The molecule has 5 heteroatoms. The first kappa shape index (κ1) is 13.9. The van der Waals surface area contributed by atoms with Gasteiger partial charge in [0.2, 0.25) is 0 Å². The summed E-state index contributed by atoms with van der Waals surface area (Å²) in [5.74, 6) is -1.44. The van der Waals surface area contributed by atoms with Crippen molar-refractivity contribution in [3.05, 3.63) is 58.4 Å². The number of hydrogen-bond acceptors (Lipinski definition) is 1. The highest BCUT2D eigenvalue weighted by molar-refractivity contribution is 7.71. The van der Waals surface area contributed by atoms with Crippen LogP contribution < -0.4 is 0 Å². The normalized spacial score (nSPS) is 11.5. The van der Waals surface area contributed by atoms with E-state index in [1.54, 1.807) is 0 Å². The lowest BCUT2D eigenvalue weighted by molar-refractivity contribution is 0.514. The molecule has 2 nitrogen and oxygen atoms in total. The zero-order valence-electron chi connectivity index (χ0n) is 11.7. The number of hydrogen-bond donors (Lipinski definition) is 1. The molecule has 1 N–H and O–H groups in total. The van der Waals surface area contributed by atoms with Crippen molar-refractivity contribution in [2.24, 2.45) is 0 Å². The second kappa shape index (κ2) is 5.07. The van der Waals surface area contributed by atoms with Crippen LogP contribution in [-0.2, 0) is 0 Å². The van der Waals surface area contributed by atoms with Crippen LogP contribution >= 0.6 is 12.2 Å². The van der Waals surface area contributed by atoms with E-state index in [1.807, 2.05) is 24.3 Å². The summed E-state index contributed by atoms with van der Waals surface area (Å²) in [6.45, 7) is 4.15. The molecule has 0 saturated heterocycles. The van der Waals surface area contributed by atoms with Gasteiger partial charge in [-0.3, -0.25) is 4.57 Å². The summed E-state index contributed by atoms with van der Waals surface area (Å²) < 4.78 is 29.6. The van der Waals surface area contributed by atoms with Crippen LogP contribution in [0.15, 0.2) is 36.4 Å². The van der Waals surface area contributed by atoms with Crippen LogP contribution in [0.2, 0.25) is 0 Å². The molecule has 2 aromatic carbocycles. The minimum Gasteiger partial charge on any atom is -0.330 e. The third-order valence-electron chi connectivity index (χ3n) is 3.53. The number of fused-ring (bicyclic) bond motifs is 1. The standard InChI is InChI=1S/C16H14F2N2S/c1-9(2)10-4-3-5-11(8-10)20-15-13(19-16(20)21)7-6-12(17)14(15)18/h3-9H,1-2H3,(H,19,21). The van der Waals surface area contributed by atoms with Crippen molar-refractivity contribution in [2.45, 2.75) is 19.8 Å². The Kier molecular flexibility index (Phi) is 3.37. The van der Waals surface area contributed by atoms with Gasteiger partial charge in [-0.25, -0.2) is 8.78 Å². The van der Waals surface area contributed by atoms with Gasteiger partial charge in [-0.15, -0.1) is 0 Å². The molecule has 0 bridgehead atoms. The fourth-order valence-electron chi connectivity index (χ4n) is 2.40. The van der Waals surface area contributed by atoms with Crippen molar-refractivity contribution in [3.63, 3.8) is 0 Å². The smallest absolute Gasteiger partial charge is 0.184 e. The Hall–Kier alpha value is -2.01. The molecule has 3 aromatic rings. The highest BCUT2D eigenvalue weighted by Crippen LogP contribution is 2.25. The van der Waals surface area contributed by atoms with E-state index in [1.165, 1.54) is 10.6 Å². The van der Waals surface area contributed by atoms with Gasteiger partial charge in [0, 0.05) is 5.69 Å². The van der Waals surface area contributed by atoms with E-state index in [2.05, 4.69) is 18.8 Å². The van der Waals surface area contributed by atoms with Gasteiger partial charge in [0.05, 0.1) is 5.52 Å². The molecule has 0 aliphatic carbocycles. The van der Waals surface area contributed by atoms with Gasteiger partial charge in [0.1, 0.15) is 5.52 Å². The van der Waals surface area contributed by atoms with Crippen LogP contribution in [0.5, 0.6) is 0 Å². The summed E-state index contributed by atoms with van der Waals surface area (Å²) in [5, 5.41) is 0. The number of H-pyrrole nitrogens is 1. The fourth-order valence-corrected chi connectivity index (χ4v) is 2.71.